The van der Waals surface area contributed by atoms with Gasteiger partial charge in [-0.1, -0.05) is 78.9 Å². The summed E-state index contributed by atoms with van der Waals surface area (Å²) in [4.78, 5) is 38.9. The molecule has 1 aliphatic rings. The van der Waals surface area contributed by atoms with Crippen LogP contribution in [0, 0.1) is 0 Å². The third-order valence-corrected chi connectivity index (χ3v) is 7.08. The molecule has 0 radical (unpaired) electrons. The number of carbonyl (C=O) groups excluding carboxylic acids is 3. The fraction of sp³-hybridized carbons (Fsp3) is 0.0541. The summed E-state index contributed by atoms with van der Waals surface area (Å²) in [6.45, 7) is 0. The van der Waals surface area contributed by atoms with Crippen molar-refractivity contribution in [2.24, 2.45) is 0 Å². The summed E-state index contributed by atoms with van der Waals surface area (Å²) in [5, 5.41) is 1.70. The van der Waals surface area contributed by atoms with Crippen molar-refractivity contribution in [1.82, 2.24) is 0 Å². The highest BCUT2D eigenvalue weighted by Crippen LogP contribution is 2.35. The lowest BCUT2D eigenvalue weighted by molar-refractivity contribution is -0.129. The molecule has 0 N–H and O–H groups in total. The van der Waals surface area contributed by atoms with Gasteiger partial charge in [0.1, 0.15) is 11.5 Å². The third-order valence-electron chi connectivity index (χ3n) is 7.08. The van der Waals surface area contributed by atoms with Crippen molar-refractivity contribution in [1.29, 1.82) is 0 Å². The number of benzene rings is 5. The van der Waals surface area contributed by atoms with Crippen LogP contribution in [-0.2, 0) is 4.79 Å². The molecule has 0 fully saturated rings. The van der Waals surface area contributed by atoms with Gasteiger partial charge >= 0.3 is 11.9 Å². The van der Waals surface area contributed by atoms with E-state index in [4.69, 9.17) is 9.47 Å². The minimum Gasteiger partial charge on any atom is -0.423 e. The molecule has 42 heavy (non-hydrogen) atoms. The maximum absolute atomic E-state index is 13.8. The van der Waals surface area contributed by atoms with Crippen molar-refractivity contribution < 1.29 is 23.9 Å². The normalized spacial score (nSPS) is 12.4. The molecule has 1 aliphatic carbocycles. The fourth-order valence-corrected chi connectivity index (χ4v) is 4.98. The van der Waals surface area contributed by atoms with E-state index in [1.54, 1.807) is 66.7 Å². The lowest BCUT2D eigenvalue weighted by Crippen LogP contribution is -2.11. The molecule has 0 bridgehead atoms. The number of ether oxygens (including phenoxy) is 2. The Morgan fingerprint density at radius 2 is 1.29 bits per heavy atom. The number of hydrogen-bond donors (Lipinski definition) is 0. The highest BCUT2D eigenvalue weighted by Gasteiger charge is 2.19. The summed E-state index contributed by atoms with van der Waals surface area (Å²) in [5.74, 6) is -0.233. The molecule has 0 spiro atoms. The van der Waals surface area contributed by atoms with Crippen LogP contribution < -0.4 is 9.47 Å². The Hall–Kier alpha value is -5.55. The van der Waals surface area contributed by atoms with Crippen molar-refractivity contribution in [3.63, 3.8) is 0 Å². The number of allylic oxidation sites excluding steroid dienone is 2. The van der Waals surface area contributed by atoms with Crippen LogP contribution in [0.2, 0.25) is 0 Å². The second kappa shape index (κ2) is 11.9. The fourth-order valence-electron chi connectivity index (χ4n) is 4.98. The van der Waals surface area contributed by atoms with Crippen LogP contribution in [0.4, 0.5) is 0 Å². The molecule has 0 heterocycles. The Kier molecular flexibility index (Phi) is 7.56. The van der Waals surface area contributed by atoms with Gasteiger partial charge in [0, 0.05) is 16.7 Å². The Bertz CT molecular complexity index is 1850. The Labute approximate surface area is 243 Å². The summed E-state index contributed by atoms with van der Waals surface area (Å²) in [5.41, 5.74) is 3.67. The van der Waals surface area contributed by atoms with Crippen LogP contribution in [0.15, 0.2) is 139 Å². The Morgan fingerprint density at radius 1 is 0.595 bits per heavy atom. The van der Waals surface area contributed by atoms with E-state index in [-0.39, 0.29) is 5.78 Å². The highest BCUT2D eigenvalue weighted by molar-refractivity contribution is 6.17. The molecule has 204 valence electrons. The molecule has 0 unspecified atom stereocenters. The number of hydrogen-bond acceptors (Lipinski definition) is 5. The molecule has 5 aromatic rings. The second-order valence-electron chi connectivity index (χ2n) is 9.87. The molecule has 5 nitrogen and oxygen atoms in total. The summed E-state index contributed by atoms with van der Waals surface area (Å²) >= 11 is 0. The largest absolute Gasteiger partial charge is 0.423 e. The second-order valence-corrected chi connectivity index (χ2v) is 9.87. The predicted molar refractivity (Wildman–Crippen MR) is 163 cm³/mol. The standard InChI is InChI=1S/C37H26O5/c38-35(26-16-19-30(20-17-26)41-36(39)27-12-6-2-7-13-27)33-22-18-29-24-31(42-37(40)28-14-8-3-9-15-28)21-23-32(29)34(33)25-10-4-1-5-11-25/h1-2,4-8,10-24H,3,9H2. The zero-order chi connectivity index (χ0) is 28.9. The first-order chi connectivity index (χ1) is 20.6. The van der Waals surface area contributed by atoms with Gasteiger partial charge in [0.25, 0.3) is 0 Å². The summed E-state index contributed by atoms with van der Waals surface area (Å²) < 4.78 is 11.1. The van der Waals surface area contributed by atoms with Crippen LogP contribution in [0.5, 0.6) is 11.5 Å². The average molecular weight is 551 g/mol. The number of fused-ring (bicyclic) bond motifs is 1. The number of esters is 2. The third kappa shape index (κ3) is 5.67. The van der Waals surface area contributed by atoms with Gasteiger partial charge in [-0.05, 0) is 83.8 Å². The predicted octanol–water partition coefficient (Wildman–Crippen LogP) is 8.14. The van der Waals surface area contributed by atoms with Gasteiger partial charge in [0.15, 0.2) is 5.78 Å². The summed E-state index contributed by atoms with van der Waals surface area (Å²) in [7, 11) is 0. The van der Waals surface area contributed by atoms with Crippen molar-refractivity contribution >= 4 is 28.5 Å². The summed E-state index contributed by atoms with van der Waals surface area (Å²) in [6.07, 6.45) is 7.37. The van der Waals surface area contributed by atoms with Crippen molar-refractivity contribution in [2.45, 2.75) is 12.8 Å². The quantitative estimate of drug-likeness (QED) is 0.116. The van der Waals surface area contributed by atoms with E-state index in [0.717, 1.165) is 34.7 Å². The first-order valence-electron chi connectivity index (χ1n) is 13.7. The van der Waals surface area contributed by atoms with Gasteiger partial charge in [0.05, 0.1) is 11.1 Å². The van der Waals surface area contributed by atoms with E-state index in [9.17, 15) is 14.4 Å². The van der Waals surface area contributed by atoms with Crippen LogP contribution in [0.25, 0.3) is 21.9 Å². The van der Waals surface area contributed by atoms with Gasteiger partial charge in [-0.15, -0.1) is 0 Å². The minimum absolute atomic E-state index is 0.164. The number of rotatable bonds is 7. The first kappa shape index (κ1) is 26.7. The molecule has 5 aromatic carbocycles. The smallest absolute Gasteiger partial charge is 0.343 e. The van der Waals surface area contributed by atoms with Crippen molar-refractivity contribution in [3.8, 4) is 22.6 Å². The zero-order valence-electron chi connectivity index (χ0n) is 22.7. The van der Waals surface area contributed by atoms with Crippen molar-refractivity contribution in [2.75, 3.05) is 0 Å². The molecule has 0 saturated carbocycles. The van der Waals surface area contributed by atoms with Crippen LogP contribution in [0.3, 0.4) is 0 Å². The molecule has 0 amide bonds. The maximum Gasteiger partial charge on any atom is 0.343 e. The highest BCUT2D eigenvalue weighted by atomic mass is 16.5. The summed E-state index contributed by atoms with van der Waals surface area (Å²) in [6, 6.07) is 34.1. The minimum atomic E-state index is -0.465. The van der Waals surface area contributed by atoms with E-state index < -0.39 is 11.9 Å². The monoisotopic (exact) mass is 550 g/mol. The van der Waals surface area contributed by atoms with Gasteiger partial charge in [0.2, 0.25) is 0 Å². The number of ketones is 1. The van der Waals surface area contributed by atoms with E-state index in [0.29, 0.717) is 33.8 Å². The van der Waals surface area contributed by atoms with Crippen LogP contribution in [0.1, 0.15) is 39.1 Å². The van der Waals surface area contributed by atoms with Gasteiger partial charge in [-0.25, -0.2) is 9.59 Å². The van der Waals surface area contributed by atoms with E-state index in [1.807, 2.05) is 66.7 Å². The molecule has 0 aliphatic heterocycles. The van der Waals surface area contributed by atoms with E-state index in [1.165, 1.54) is 0 Å². The molecular formula is C37H26O5. The number of carbonyl (C=O) groups is 3. The van der Waals surface area contributed by atoms with Gasteiger partial charge in [-0.3, -0.25) is 4.79 Å². The van der Waals surface area contributed by atoms with Gasteiger partial charge < -0.3 is 9.47 Å². The van der Waals surface area contributed by atoms with E-state index in [2.05, 4.69) is 0 Å². The lowest BCUT2D eigenvalue weighted by Gasteiger charge is -2.15. The zero-order valence-corrected chi connectivity index (χ0v) is 22.7. The lowest BCUT2D eigenvalue weighted by atomic mass is 9.89. The van der Waals surface area contributed by atoms with Crippen molar-refractivity contribution in [3.05, 3.63) is 156 Å². The average Bonchev–Trinajstić information content (AvgIpc) is 3.05. The van der Waals surface area contributed by atoms with Gasteiger partial charge in [-0.2, -0.15) is 0 Å². The van der Waals surface area contributed by atoms with E-state index >= 15 is 0 Å². The Balaban J connectivity index is 1.31. The maximum atomic E-state index is 13.8. The van der Waals surface area contributed by atoms with Crippen LogP contribution in [-0.4, -0.2) is 17.7 Å². The first-order valence-corrected chi connectivity index (χ1v) is 13.7. The molecule has 5 heteroatoms. The SMILES string of the molecule is O=C(Oc1ccc2c(-c3ccccc3)c(C(=O)c3ccc(OC(=O)c4ccccc4)cc3)ccc2c1)C1=CCCC=C1. The molecular weight excluding hydrogens is 524 g/mol. The Morgan fingerprint density at radius 3 is 2.00 bits per heavy atom. The topological polar surface area (TPSA) is 69.7 Å². The van der Waals surface area contributed by atoms with Crippen LogP contribution >= 0.6 is 0 Å². The molecule has 0 saturated heterocycles. The molecule has 0 atom stereocenters. The molecule has 6 rings (SSSR count). The molecule has 0 aromatic heterocycles.